The topological polar surface area (TPSA) is 100 Å². The van der Waals surface area contributed by atoms with Crippen molar-refractivity contribution in [2.45, 2.75) is 17.9 Å². The van der Waals surface area contributed by atoms with Gasteiger partial charge < -0.3 is 15.0 Å². The molecule has 0 spiro atoms. The molecule has 0 aromatic carbocycles. The fraction of sp³-hybridized carbons (Fsp3) is 0.500. The van der Waals surface area contributed by atoms with Gasteiger partial charge in [-0.1, -0.05) is 0 Å². The van der Waals surface area contributed by atoms with Crippen molar-refractivity contribution < 1.29 is 18.3 Å². The second-order valence-corrected chi connectivity index (χ2v) is 5.82. The second-order valence-electron chi connectivity index (χ2n) is 3.94. The highest BCUT2D eigenvalue weighted by molar-refractivity contribution is 7.89. The number of aryl methyl sites for hydroxylation is 1. The Labute approximate surface area is 106 Å². The summed E-state index contributed by atoms with van der Waals surface area (Å²) in [4.78, 5) is 11.8. The molecule has 7 nitrogen and oxygen atoms in total. The first-order valence-corrected chi connectivity index (χ1v) is 6.81. The molecule has 3 N–H and O–H groups in total. The first kappa shape index (κ1) is 14.7. The van der Waals surface area contributed by atoms with Crippen LogP contribution in [0, 0.1) is 0 Å². The van der Waals surface area contributed by atoms with Gasteiger partial charge in [0.1, 0.15) is 10.6 Å². The summed E-state index contributed by atoms with van der Waals surface area (Å²) in [5, 5.41) is 11.4. The van der Waals surface area contributed by atoms with Gasteiger partial charge in [0.05, 0.1) is 6.61 Å². The van der Waals surface area contributed by atoms with Gasteiger partial charge in [0.2, 0.25) is 10.0 Å². The monoisotopic (exact) mass is 275 g/mol. The summed E-state index contributed by atoms with van der Waals surface area (Å²) in [5.74, 6) is -0.434. The summed E-state index contributed by atoms with van der Waals surface area (Å²) in [5.41, 5.74) is 0.212. The number of amides is 1. The molecule has 0 saturated carbocycles. The largest absolute Gasteiger partial charge is 0.394 e. The van der Waals surface area contributed by atoms with Gasteiger partial charge in [-0.25, -0.2) is 13.1 Å². The van der Waals surface area contributed by atoms with Crippen LogP contribution in [0.4, 0.5) is 0 Å². The molecule has 0 aliphatic carbocycles. The van der Waals surface area contributed by atoms with E-state index < -0.39 is 22.0 Å². The van der Waals surface area contributed by atoms with Crippen LogP contribution in [0.5, 0.6) is 0 Å². The Morgan fingerprint density at radius 1 is 1.56 bits per heavy atom. The van der Waals surface area contributed by atoms with Crippen LogP contribution in [0.2, 0.25) is 0 Å². The molecule has 0 radical (unpaired) electrons. The molecule has 0 aliphatic rings. The first-order valence-electron chi connectivity index (χ1n) is 5.33. The van der Waals surface area contributed by atoms with Crippen molar-refractivity contribution in [2.75, 3.05) is 13.7 Å². The number of aromatic nitrogens is 1. The van der Waals surface area contributed by atoms with Crippen molar-refractivity contribution in [3.8, 4) is 0 Å². The lowest BCUT2D eigenvalue weighted by Crippen LogP contribution is -2.35. The zero-order valence-electron chi connectivity index (χ0n) is 10.5. The molecule has 0 bridgehead atoms. The summed E-state index contributed by atoms with van der Waals surface area (Å²) in [7, 11) is -0.690. The fourth-order valence-corrected chi connectivity index (χ4v) is 2.17. The maximum atomic E-state index is 11.8. The predicted molar refractivity (Wildman–Crippen MR) is 65.7 cm³/mol. The number of aliphatic hydroxyl groups excluding tert-OH is 1. The number of rotatable bonds is 5. The van der Waals surface area contributed by atoms with Gasteiger partial charge >= 0.3 is 0 Å². The van der Waals surface area contributed by atoms with Gasteiger partial charge in [-0.2, -0.15) is 0 Å². The van der Waals surface area contributed by atoms with Crippen LogP contribution in [0.25, 0.3) is 0 Å². The van der Waals surface area contributed by atoms with Crippen LogP contribution >= 0.6 is 0 Å². The van der Waals surface area contributed by atoms with Crippen molar-refractivity contribution in [3.05, 3.63) is 18.0 Å². The molecule has 8 heteroatoms. The maximum absolute atomic E-state index is 11.8. The summed E-state index contributed by atoms with van der Waals surface area (Å²) in [6.45, 7) is 1.46. The average Bonchev–Trinajstić information content (AvgIpc) is 2.71. The van der Waals surface area contributed by atoms with E-state index in [9.17, 15) is 13.2 Å². The molecule has 18 heavy (non-hydrogen) atoms. The van der Waals surface area contributed by atoms with E-state index in [0.717, 1.165) is 0 Å². The molecular formula is C10H17N3O4S. The smallest absolute Gasteiger partial charge is 0.268 e. The molecule has 102 valence electrons. The Hall–Kier alpha value is -1.38. The van der Waals surface area contributed by atoms with E-state index in [4.69, 9.17) is 5.11 Å². The van der Waals surface area contributed by atoms with Crippen LogP contribution in [-0.4, -0.2) is 43.7 Å². The van der Waals surface area contributed by atoms with Gasteiger partial charge in [0.25, 0.3) is 5.91 Å². The Morgan fingerprint density at radius 3 is 2.67 bits per heavy atom. The zero-order chi connectivity index (χ0) is 13.9. The number of carbonyl (C=O) groups is 1. The molecular weight excluding hydrogens is 258 g/mol. The lowest BCUT2D eigenvalue weighted by molar-refractivity contribution is 0.0914. The van der Waals surface area contributed by atoms with Gasteiger partial charge in [-0.05, 0) is 20.0 Å². The van der Waals surface area contributed by atoms with E-state index in [1.54, 1.807) is 14.0 Å². The highest BCUT2D eigenvalue weighted by atomic mass is 32.2. The minimum absolute atomic E-state index is 0.0225. The minimum atomic E-state index is -3.57. The summed E-state index contributed by atoms with van der Waals surface area (Å²) >= 11 is 0. The number of sulfonamides is 1. The molecule has 1 heterocycles. The van der Waals surface area contributed by atoms with Crippen molar-refractivity contribution in [3.63, 3.8) is 0 Å². The molecule has 0 unspecified atom stereocenters. The summed E-state index contributed by atoms with van der Waals surface area (Å²) in [6.07, 6.45) is 1.35. The highest BCUT2D eigenvalue weighted by Gasteiger charge is 2.19. The summed E-state index contributed by atoms with van der Waals surface area (Å²) in [6, 6.07) is 0.891. The van der Waals surface area contributed by atoms with Crippen molar-refractivity contribution >= 4 is 15.9 Å². The maximum Gasteiger partial charge on any atom is 0.268 e. The van der Waals surface area contributed by atoms with E-state index >= 15 is 0 Å². The Balaban J connectivity index is 3.02. The van der Waals surface area contributed by atoms with Crippen molar-refractivity contribution in [2.24, 2.45) is 7.05 Å². The van der Waals surface area contributed by atoms with Crippen molar-refractivity contribution in [1.29, 1.82) is 0 Å². The number of nitrogens with one attached hydrogen (secondary N) is 2. The molecule has 0 aliphatic heterocycles. The molecule has 1 aromatic rings. The van der Waals surface area contributed by atoms with Crippen LogP contribution in [0.15, 0.2) is 17.2 Å². The van der Waals surface area contributed by atoms with E-state index in [1.807, 2.05) is 0 Å². The minimum Gasteiger partial charge on any atom is -0.394 e. The Morgan fingerprint density at radius 2 is 2.17 bits per heavy atom. The lowest BCUT2D eigenvalue weighted by Gasteiger charge is -2.10. The van der Waals surface area contributed by atoms with Crippen LogP contribution in [0.1, 0.15) is 17.4 Å². The standard InChI is InChI=1S/C10H17N3O4S/c1-7(6-14)12-10(15)9-4-8(5-13(9)3)18(16,17)11-2/h4-5,7,11,14H,6H2,1-3H3,(H,12,15)/t7-/m1/s1. The number of nitrogens with zero attached hydrogens (tertiary/aromatic N) is 1. The molecule has 1 atom stereocenters. The lowest BCUT2D eigenvalue weighted by atomic mass is 10.3. The molecule has 1 amide bonds. The van der Waals surface area contributed by atoms with Crippen LogP contribution in [0.3, 0.4) is 0 Å². The second kappa shape index (κ2) is 5.51. The first-order chi connectivity index (χ1) is 8.31. The van der Waals surface area contributed by atoms with Crippen LogP contribution in [-0.2, 0) is 17.1 Å². The number of hydrogen-bond donors (Lipinski definition) is 3. The normalized spacial score (nSPS) is 13.3. The predicted octanol–water partition coefficient (Wildman–Crippen LogP) is -0.956. The number of hydrogen-bond acceptors (Lipinski definition) is 4. The number of aliphatic hydroxyl groups is 1. The molecule has 0 fully saturated rings. The van der Waals surface area contributed by atoms with E-state index in [-0.39, 0.29) is 17.2 Å². The third-order valence-electron chi connectivity index (χ3n) is 2.44. The third-order valence-corrected chi connectivity index (χ3v) is 3.82. The summed E-state index contributed by atoms with van der Waals surface area (Å²) < 4.78 is 26.7. The van der Waals surface area contributed by atoms with E-state index in [1.165, 1.54) is 23.9 Å². The molecule has 0 saturated heterocycles. The SMILES string of the molecule is CNS(=O)(=O)c1cc(C(=O)N[C@H](C)CO)n(C)c1. The Kier molecular flexibility index (Phi) is 4.49. The van der Waals surface area contributed by atoms with Gasteiger partial charge in [0.15, 0.2) is 0 Å². The van der Waals surface area contributed by atoms with E-state index in [0.29, 0.717) is 0 Å². The number of carbonyl (C=O) groups excluding carboxylic acids is 1. The van der Waals surface area contributed by atoms with Gasteiger partial charge in [-0.15, -0.1) is 0 Å². The third kappa shape index (κ3) is 3.09. The zero-order valence-corrected chi connectivity index (χ0v) is 11.3. The average molecular weight is 275 g/mol. The molecule has 1 aromatic heterocycles. The fourth-order valence-electron chi connectivity index (χ4n) is 1.37. The van der Waals surface area contributed by atoms with Crippen LogP contribution < -0.4 is 10.0 Å². The quantitative estimate of drug-likeness (QED) is 0.644. The van der Waals surface area contributed by atoms with E-state index in [2.05, 4.69) is 10.0 Å². The Bertz CT molecular complexity index is 535. The van der Waals surface area contributed by atoms with Crippen molar-refractivity contribution in [1.82, 2.24) is 14.6 Å². The highest BCUT2D eigenvalue weighted by Crippen LogP contribution is 2.13. The van der Waals surface area contributed by atoms with Gasteiger partial charge in [0, 0.05) is 19.3 Å². The molecule has 1 rings (SSSR count). The van der Waals surface area contributed by atoms with Gasteiger partial charge in [-0.3, -0.25) is 4.79 Å².